The van der Waals surface area contributed by atoms with Crippen molar-refractivity contribution in [2.75, 3.05) is 18.0 Å². The first-order chi connectivity index (χ1) is 11.4. The zero-order valence-corrected chi connectivity index (χ0v) is 13.7. The topological polar surface area (TPSA) is 51.2 Å². The maximum absolute atomic E-state index is 12.7. The molecule has 0 bridgehead atoms. The Hall–Kier alpha value is -2.10. The minimum atomic E-state index is -4.39. The minimum absolute atomic E-state index is 0.0105. The number of piperidine rings is 1. The van der Waals surface area contributed by atoms with Crippen LogP contribution in [0.4, 0.5) is 18.3 Å². The summed E-state index contributed by atoms with van der Waals surface area (Å²) in [5, 5.41) is 9.10. The minimum Gasteiger partial charge on any atom is -0.347 e. The molecule has 0 unspecified atom stereocenters. The smallest absolute Gasteiger partial charge is 0.347 e. The number of nitrogens with zero attached hydrogens (tertiary/aromatic N) is 6. The summed E-state index contributed by atoms with van der Waals surface area (Å²) in [6.07, 6.45) is 0.382. The molecule has 1 fully saturated rings. The van der Waals surface area contributed by atoms with E-state index in [4.69, 9.17) is 0 Å². The Morgan fingerprint density at radius 1 is 1.21 bits per heavy atom. The van der Waals surface area contributed by atoms with E-state index < -0.39 is 11.9 Å². The van der Waals surface area contributed by atoms with Gasteiger partial charge < -0.3 is 4.90 Å². The van der Waals surface area contributed by atoms with E-state index in [2.05, 4.69) is 20.1 Å². The molecule has 128 valence electrons. The lowest BCUT2D eigenvalue weighted by Crippen LogP contribution is -2.34. The van der Waals surface area contributed by atoms with Crippen LogP contribution in [0.1, 0.15) is 30.3 Å². The summed E-state index contributed by atoms with van der Waals surface area (Å²) in [7, 11) is 0. The molecule has 1 aliphatic heterocycles. The van der Waals surface area contributed by atoms with Crippen LogP contribution in [0.3, 0.4) is 0 Å². The van der Waals surface area contributed by atoms with E-state index in [1.165, 1.54) is 22.2 Å². The maximum Gasteiger partial charge on any atom is 0.435 e. The van der Waals surface area contributed by atoms with E-state index in [1.54, 1.807) is 4.52 Å². The van der Waals surface area contributed by atoms with Crippen LogP contribution in [-0.4, -0.2) is 37.5 Å². The molecule has 0 amide bonds. The SMILES string of the molecule is Cc1cn2nc(N3CCC(n4ccc(C(F)(F)F)n4)CC3)sc2n1. The number of hydrogen-bond donors (Lipinski definition) is 0. The maximum atomic E-state index is 12.7. The van der Waals surface area contributed by atoms with Crippen molar-refractivity contribution < 1.29 is 13.2 Å². The van der Waals surface area contributed by atoms with Crippen molar-refractivity contribution in [2.24, 2.45) is 0 Å². The van der Waals surface area contributed by atoms with Crippen molar-refractivity contribution in [1.82, 2.24) is 24.4 Å². The van der Waals surface area contributed by atoms with Crippen LogP contribution in [0.2, 0.25) is 0 Å². The van der Waals surface area contributed by atoms with E-state index in [9.17, 15) is 13.2 Å². The second kappa shape index (κ2) is 5.47. The predicted molar refractivity (Wildman–Crippen MR) is 83.3 cm³/mol. The van der Waals surface area contributed by atoms with E-state index in [0.29, 0.717) is 0 Å². The molecule has 0 aliphatic carbocycles. The summed E-state index contributed by atoms with van der Waals surface area (Å²) in [6, 6.07) is 1.02. The van der Waals surface area contributed by atoms with Crippen molar-refractivity contribution in [3.05, 3.63) is 29.8 Å². The van der Waals surface area contributed by atoms with Gasteiger partial charge in [0, 0.05) is 19.3 Å². The molecule has 4 rings (SSSR count). The van der Waals surface area contributed by atoms with Crippen molar-refractivity contribution in [1.29, 1.82) is 0 Å². The van der Waals surface area contributed by atoms with Crippen LogP contribution < -0.4 is 4.90 Å². The molecule has 3 aromatic rings. The summed E-state index contributed by atoms with van der Waals surface area (Å²) in [4.78, 5) is 7.39. The number of alkyl halides is 3. The average molecular weight is 356 g/mol. The third kappa shape index (κ3) is 2.74. The van der Waals surface area contributed by atoms with Gasteiger partial charge in [0.2, 0.25) is 10.1 Å². The summed E-state index contributed by atoms with van der Waals surface area (Å²) < 4.78 is 41.2. The van der Waals surface area contributed by atoms with Crippen LogP contribution in [0.25, 0.3) is 4.96 Å². The molecule has 4 heterocycles. The molecule has 0 saturated carbocycles. The Kier molecular flexibility index (Phi) is 3.52. The highest BCUT2D eigenvalue weighted by molar-refractivity contribution is 7.20. The highest BCUT2D eigenvalue weighted by Crippen LogP contribution is 2.31. The number of aryl methyl sites for hydroxylation is 1. The second-order valence-corrected chi connectivity index (χ2v) is 6.83. The predicted octanol–water partition coefficient (Wildman–Crippen LogP) is 3.16. The fourth-order valence-corrected chi connectivity index (χ4v) is 3.92. The second-order valence-electron chi connectivity index (χ2n) is 5.89. The zero-order chi connectivity index (χ0) is 16.9. The monoisotopic (exact) mass is 356 g/mol. The number of aromatic nitrogens is 5. The first-order valence-corrected chi connectivity index (χ1v) is 8.42. The van der Waals surface area contributed by atoms with Gasteiger partial charge in [-0.25, -0.2) is 9.50 Å². The third-order valence-electron chi connectivity index (χ3n) is 4.16. The lowest BCUT2D eigenvalue weighted by Gasteiger charge is -2.31. The number of rotatable bonds is 2. The number of imidazole rings is 1. The van der Waals surface area contributed by atoms with Gasteiger partial charge in [0.15, 0.2) is 5.69 Å². The number of anilines is 1. The van der Waals surface area contributed by atoms with Gasteiger partial charge in [0.25, 0.3) is 0 Å². The van der Waals surface area contributed by atoms with Crippen molar-refractivity contribution in [2.45, 2.75) is 32.0 Å². The highest BCUT2D eigenvalue weighted by Gasteiger charge is 2.34. The quantitative estimate of drug-likeness (QED) is 0.708. The molecule has 10 heteroatoms. The molecule has 0 N–H and O–H groups in total. The summed E-state index contributed by atoms with van der Waals surface area (Å²) in [5.41, 5.74) is 0.0969. The molecular weight excluding hydrogens is 341 g/mol. The Morgan fingerprint density at radius 2 is 1.96 bits per heavy atom. The van der Waals surface area contributed by atoms with Crippen LogP contribution in [0.5, 0.6) is 0 Å². The lowest BCUT2D eigenvalue weighted by molar-refractivity contribution is -0.141. The number of fused-ring (bicyclic) bond motifs is 1. The fraction of sp³-hybridized carbons (Fsp3) is 0.500. The molecule has 3 aromatic heterocycles. The molecule has 0 aromatic carbocycles. The highest BCUT2D eigenvalue weighted by atomic mass is 32.1. The van der Waals surface area contributed by atoms with E-state index in [-0.39, 0.29) is 6.04 Å². The Balaban J connectivity index is 1.44. The number of halogens is 3. The molecule has 6 nitrogen and oxygen atoms in total. The molecule has 24 heavy (non-hydrogen) atoms. The summed E-state index contributed by atoms with van der Waals surface area (Å²) in [6.45, 7) is 3.40. The molecule has 0 atom stereocenters. The third-order valence-corrected chi connectivity index (χ3v) is 5.14. The van der Waals surface area contributed by atoms with Gasteiger partial charge in [-0.2, -0.15) is 18.3 Å². The van der Waals surface area contributed by atoms with Gasteiger partial charge in [-0.05, 0) is 25.8 Å². The Morgan fingerprint density at radius 3 is 2.58 bits per heavy atom. The molecule has 0 spiro atoms. The van der Waals surface area contributed by atoms with Gasteiger partial charge in [-0.3, -0.25) is 4.68 Å². The van der Waals surface area contributed by atoms with Crippen LogP contribution in [0.15, 0.2) is 18.5 Å². The normalized spacial score (nSPS) is 17.1. The number of hydrogen-bond acceptors (Lipinski definition) is 5. The van der Waals surface area contributed by atoms with Crippen molar-refractivity contribution in [3.8, 4) is 0 Å². The first kappa shape index (κ1) is 15.4. The molecule has 0 radical (unpaired) electrons. The van der Waals surface area contributed by atoms with Crippen LogP contribution >= 0.6 is 11.3 Å². The molecule has 1 aliphatic rings. The standard InChI is InChI=1S/C14H15F3N6S/c1-9-8-23-12(18-9)24-13(20-23)21-5-2-10(3-6-21)22-7-4-11(19-22)14(15,16)17/h4,7-8,10H,2-3,5-6H2,1H3. The molecule has 1 saturated heterocycles. The Labute approximate surface area is 139 Å². The van der Waals surface area contributed by atoms with Crippen molar-refractivity contribution in [3.63, 3.8) is 0 Å². The van der Waals surface area contributed by atoms with E-state index in [0.717, 1.165) is 47.8 Å². The lowest BCUT2D eigenvalue weighted by atomic mass is 10.1. The van der Waals surface area contributed by atoms with Gasteiger partial charge in [0.1, 0.15) is 0 Å². The van der Waals surface area contributed by atoms with Gasteiger partial charge >= 0.3 is 6.18 Å². The van der Waals surface area contributed by atoms with E-state index in [1.807, 2.05) is 13.1 Å². The largest absolute Gasteiger partial charge is 0.435 e. The van der Waals surface area contributed by atoms with Gasteiger partial charge in [0.05, 0.1) is 17.9 Å². The summed E-state index contributed by atoms with van der Waals surface area (Å²) >= 11 is 1.52. The Bertz CT molecular complexity index is 824. The summed E-state index contributed by atoms with van der Waals surface area (Å²) in [5.74, 6) is 0. The van der Waals surface area contributed by atoms with Crippen molar-refractivity contribution >= 4 is 21.4 Å². The van der Waals surface area contributed by atoms with Gasteiger partial charge in [-0.1, -0.05) is 11.3 Å². The van der Waals surface area contributed by atoms with Crippen LogP contribution in [0, 0.1) is 6.92 Å². The van der Waals surface area contributed by atoms with Crippen LogP contribution in [-0.2, 0) is 6.18 Å². The molecular formula is C14H15F3N6S. The fourth-order valence-electron chi connectivity index (χ4n) is 2.94. The van der Waals surface area contributed by atoms with Gasteiger partial charge in [-0.15, -0.1) is 5.10 Å². The van der Waals surface area contributed by atoms with E-state index >= 15 is 0 Å². The zero-order valence-electron chi connectivity index (χ0n) is 12.9. The first-order valence-electron chi connectivity index (χ1n) is 7.60. The average Bonchev–Trinajstić information content (AvgIpc) is 3.20.